The molecule has 2 N–H and O–H groups in total. The van der Waals surface area contributed by atoms with Crippen molar-refractivity contribution >= 4 is 5.69 Å². The van der Waals surface area contributed by atoms with Gasteiger partial charge in [-0.15, -0.1) is 0 Å². The molecule has 0 saturated carbocycles. The summed E-state index contributed by atoms with van der Waals surface area (Å²) in [6.45, 7) is 4.13. The number of hydrogen-bond donors (Lipinski definition) is 2. The first-order chi connectivity index (χ1) is 4.25. The fraction of sp³-hybridized carbons (Fsp3) is 0.429. The molecule has 1 heterocycles. The maximum atomic E-state index is 3.13. The summed E-state index contributed by atoms with van der Waals surface area (Å²) in [6.07, 6.45) is 2.00. The summed E-state index contributed by atoms with van der Waals surface area (Å²) in [5, 5.41) is 3.11. The smallest absolute Gasteiger partial charge is 0.0575 e. The average Bonchev–Trinajstić information content (AvgIpc) is 2.12. The number of rotatable bonds is 1. The lowest BCUT2D eigenvalue weighted by molar-refractivity contribution is 1.26. The lowest BCUT2D eigenvalue weighted by atomic mass is 10.3. The van der Waals surface area contributed by atoms with E-state index in [9.17, 15) is 0 Å². The van der Waals surface area contributed by atoms with E-state index in [0.29, 0.717) is 0 Å². The van der Waals surface area contributed by atoms with Crippen molar-refractivity contribution in [1.29, 1.82) is 0 Å². The number of anilines is 1. The number of hydrogen-bond acceptors (Lipinski definition) is 1. The van der Waals surface area contributed by atoms with Crippen LogP contribution in [0.1, 0.15) is 11.3 Å². The van der Waals surface area contributed by atoms with Crippen LogP contribution in [0.25, 0.3) is 0 Å². The van der Waals surface area contributed by atoms with Crippen LogP contribution in [0.5, 0.6) is 0 Å². The van der Waals surface area contributed by atoms with Crippen molar-refractivity contribution in [3.63, 3.8) is 0 Å². The molecule has 0 saturated heterocycles. The zero-order chi connectivity index (χ0) is 6.85. The molecule has 0 radical (unpaired) electrons. The standard InChI is InChI=1S/C7H12N2/c1-5-4-9-6(2)7(5)8-3/h4,8-9H,1-3H3. The second-order valence-electron chi connectivity index (χ2n) is 2.22. The molecule has 1 aromatic rings. The van der Waals surface area contributed by atoms with Crippen molar-refractivity contribution in [3.8, 4) is 0 Å². The Kier molecular flexibility index (Phi) is 1.47. The first kappa shape index (κ1) is 6.20. The number of aromatic amines is 1. The summed E-state index contributed by atoms with van der Waals surface area (Å²) in [5.74, 6) is 0. The van der Waals surface area contributed by atoms with Gasteiger partial charge in [-0.05, 0) is 19.4 Å². The second kappa shape index (κ2) is 2.13. The van der Waals surface area contributed by atoms with E-state index in [2.05, 4.69) is 24.1 Å². The van der Waals surface area contributed by atoms with Gasteiger partial charge in [-0.1, -0.05) is 0 Å². The minimum atomic E-state index is 1.20. The Labute approximate surface area is 55.3 Å². The number of H-pyrrole nitrogens is 1. The van der Waals surface area contributed by atoms with Gasteiger partial charge in [0.05, 0.1) is 5.69 Å². The molecule has 2 heteroatoms. The Morgan fingerprint density at radius 3 is 2.33 bits per heavy atom. The van der Waals surface area contributed by atoms with E-state index in [1.54, 1.807) is 0 Å². The van der Waals surface area contributed by atoms with Crippen LogP contribution in [0.3, 0.4) is 0 Å². The molecular formula is C7H12N2. The normalized spacial score (nSPS) is 9.67. The van der Waals surface area contributed by atoms with Crippen LogP contribution in [0.4, 0.5) is 5.69 Å². The number of nitrogens with one attached hydrogen (secondary N) is 2. The minimum Gasteiger partial charge on any atom is -0.386 e. The van der Waals surface area contributed by atoms with Crippen molar-refractivity contribution in [2.24, 2.45) is 0 Å². The average molecular weight is 124 g/mol. The third kappa shape index (κ3) is 0.922. The molecule has 0 unspecified atom stereocenters. The van der Waals surface area contributed by atoms with Gasteiger partial charge in [-0.3, -0.25) is 0 Å². The molecule has 0 aliphatic heterocycles. The summed E-state index contributed by atoms with van der Waals surface area (Å²) in [5.41, 5.74) is 3.69. The Bertz CT molecular complexity index is 181. The zero-order valence-electron chi connectivity index (χ0n) is 6.08. The lowest BCUT2D eigenvalue weighted by Gasteiger charge is -1.97. The fourth-order valence-corrected chi connectivity index (χ4v) is 1.04. The van der Waals surface area contributed by atoms with Gasteiger partial charge in [0.15, 0.2) is 0 Å². The Balaban J connectivity index is 3.07. The minimum absolute atomic E-state index is 1.20. The van der Waals surface area contributed by atoms with E-state index in [-0.39, 0.29) is 0 Å². The highest BCUT2D eigenvalue weighted by Gasteiger charge is 1.98. The molecule has 2 nitrogen and oxygen atoms in total. The fourth-order valence-electron chi connectivity index (χ4n) is 1.04. The Hall–Kier alpha value is -0.920. The quantitative estimate of drug-likeness (QED) is 0.585. The maximum absolute atomic E-state index is 3.13. The molecule has 0 aliphatic carbocycles. The van der Waals surface area contributed by atoms with Crippen molar-refractivity contribution in [3.05, 3.63) is 17.5 Å². The molecule has 50 valence electrons. The molecule has 0 fully saturated rings. The highest BCUT2D eigenvalue weighted by atomic mass is 14.9. The summed E-state index contributed by atoms with van der Waals surface area (Å²) in [6, 6.07) is 0. The molecule has 9 heavy (non-hydrogen) atoms. The first-order valence-corrected chi connectivity index (χ1v) is 3.08. The third-order valence-corrected chi connectivity index (χ3v) is 1.52. The molecule has 0 aliphatic rings. The monoisotopic (exact) mass is 124 g/mol. The molecule has 0 spiro atoms. The largest absolute Gasteiger partial charge is 0.386 e. The van der Waals surface area contributed by atoms with Gasteiger partial charge in [0.1, 0.15) is 0 Å². The number of aromatic nitrogens is 1. The van der Waals surface area contributed by atoms with E-state index in [1.807, 2.05) is 13.2 Å². The Morgan fingerprint density at radius 1 is 1.44 bits per heavy atom. The van der Waals surface area contributed by atoms with Gasteiger partial charge in [-0.25, -0.2) is 0 Å². The first-order valence-electron chi connectivity index (χ1n) is 3.08. The van der Waals surface area contributed by atoms with Gasteiger partial charge in [0.2, 0.25) is 0 Å². The van der Waals surface area contributed by atoms with Crippen LogP contribution < -0.4 is 5.32 Å². The molecular weight excluding hydrogens is 112 g/mol. The van der Waals surface area contributed by atoms with E-state index in [4.69, 9.17) is 0 Å². The summed E-state index contributed by atoms with van der Waals surface area (Å²) >= 11 is 0. The van der Waals surface area contributed by atoms with Crippen molar-refractivity contribution in [1.82, 2.24) is 4.98 Å². The van der Waals surface area contributed by atoms with Crippen molar-refractivity contribution in [2.75, 3.05) is 12.4 Å². The predicted octanol–water partition coefficient (Wildman–Crippen LogP) is 1.67. The molecule has 0 aromatic carbocycles. The van der Waals surface area contributed by atoms with E-state index in [1.165, 1.54) is 16.9 Å². The summed E-state index contributed by atoms with van der Waals surface area (Å²) in [4.78, 5) is 3.13. The van der Waals surface area contributed by atoms with Crippen LogP contribution in [-0.4, -0.2) is 12.0 Å². The van der Waals surface area contributed by atoms with Gasteiger partial charge in [0, 0.05) is 18.9 Å². The van der Waals surface area contributed by atoms with Crippen LogP contribution in [0.15, 0.2) is 6.20 Å². The highest BCUT2D eigenvalue weighted by Crippen LogP contribution is 2.16. The molecule has 0 bridgehead atoms. The second-order valence-corrected chi connectivity index (χ2v) is 2.22. The predicted molar refractivity (Wildman–Crippen MR) is 39.8 cm³/mol. The topological polar surface area (TPSA) is 27.8 Å². The van der Waals surface area contributed by atoms with E-state index < -0.39 is 0 Å². The number of aryl methyl sites for hydroxylation is 2. The van der Waals surface area contributed by atoms with Crippen molar-refractivity contribution < 1.29 is 0 Å². The van der Waals surface area contributed by atoms with Crippen LogP contribution in [0.2, 0.25) is 0 Å². The summed E-state index contributed by atoms with van der Waals surface area (Å²) < 4.78 is 0. The summed E-state index contributed by atoms with van der Waals surface area (Å²) in [7, 11) is 1.93. The van der Waals surface area contributed by atoms with E-state index in [0.717, 1.165) is 0 Å². The lowest BCUT2D eigenvalue weighted by Crippen LogP contribution is -1.89. The SMILES string of the molecule is CNc1c(C)c[nH]c1C. The van der Waals surface area contributed by atoms with Gasteiger partial charge < -0.3 is 10.3 Å². The van der Waals surface area contributed by atoms with Gasteiger partial charge in [0.25, 0.3) is 0 Å². The van der Waals surface area contributed by atoms with Crippen LogP contribution >= 0.6 is 0 Å². The van der Waals surface area contributed by atoms with Crippen LogP contribution in [-0.2, 0) is 0 Å². The van der Waals surface area contributed by atoms with Gasteiger partial charge >= 0.3 is 0 Å². The molecule has 0 amide bonds. The van der Waals surface area contributed by atoms with Crippen LogP contribution in [0, 0.1) is 13.8 Å². The van der Waals surface area contributed by atoms with Crippen molar-refractivity contribution in [2.45, 2.75) is 13.8 Å². The molecule has 0 atom stereocenters. The van der Waals surface area contributed by atoms with E-state index >= 15 is 0 Å². The zero-order valence-corrected chi connectivity index (χ0v) is 6.08. The molecule has 1 rings (SSSR count). The molecule has 1 aromatic heterocycles. The Morgan fingerprint density at radius 2 is 2.11 bits per heavy atom. The third-order valence-electron chi connectivity index (χ3n) is 1.52. The van der Waals surface area contributed by atoms with Gasteiger partial charge in [-0.2, -0.15) is 0 Å². The highest BCUT2D eigenvalue weighted by molar-refractivity contribution is 5.53. The maximum Gasteiger partial charge on any atom is 0.0575 e.